The molecule has 1 N–H and O–H groups in total. The molecular formula is C18H22N4O2. The number of ether oxygens (including phenoxy) is 1. The van der Waals surface area contributed by atoms with Gasteiger partial charge in [-0.3, -0.25) is 10.2 Å². The number of carbonyl (C=O) groups excluding carboxylic acids is 1. The number of hydrazone groups is 1. The first-order valence-corrected chi connectivity index (χ1v) is 7.93. The zero-order valence-corrected chi connectivity index (χ0v) is 14.0. The van der Waals surface area contributed by atoms with E-state index in [1.807, 2.05) is 56.3 Å². The Balaban J connectivity index is 1.83. The van der Waals surface area contributed by atoms with Crippen LogP contribution in [0.1, 0.15) is 19.4 Å². The van der Waals surface area contributed by atoms with Gasteiger partial charge in [-0.15, -0.1) is 0 Å². The first-order valence-electron chi connectivity index (χ1n) is 7.93. The van der Waals surface area contributed by atoms with Crippen LogP contribution in [-0.2, 0) is 4.79 Å². The van der Waals surface area contributed by atoms with Gasteiger partial charge in [-0.2, -0.15) is 5.10 Å². The largest absolute Gasteiger partial charge is 0.484 e. The minimum Gasteiger partial charge on any atom is -0.484 e. The first kappa shape index (κ1) is 17.5. The van der Waals surface area contributed by atoms with Gasteiger partial charge in [0.05, 0.1) is 6.21 Å². The van der Waals surface area contributed by atoms with Gasteiger partial charge < -0.3 is 9.64 Å². The topological polar surface area (TPSA) is 66.8 Å². The zero-order chi connectivity index (χ0) is 17.2. The molecule has 0 spiro atoms. The van der Waals surface area contributed by atoms with Crippen molar-refractivity contribution in [3.8, 4) is 5.75 Å². The Kier molecular flexibility index (Phi) is 6.76. The smallest absolute Gasteiger partial charge is 0.260 e. The van der Waals surface area contributed by atoms with Gasteiger partial charge in [-0.25, -0.2) is 4.98 Å². The molecule has 1 heterocycles. The highest BCUT2D eigenvalue weighted by molar-refractivity contribution is 5.80. The van der Waals surface area contributed by atoms with Crippen LogP contribution in [-0.4, -0.2) is 41.7 Å². The van der Waals surface area contributed by atoms with Crippen LogP contribution in [0.5, 0.6) is 5.75 Å². The van der Waals surface area contributed by atoms with Gasteiger partial charge in [0.1, 0.15) is 11.6 Å². The van der Waals surface area contributed by atoms with Crippen LogP contribution >= 0.6 is 0 Å². The molecule has 0 aliphatic heterocycles. The lowest BCUT2D eigenvalue weighted by Crippen LogP contribution is -2.34. The number of pyridine rings is 1. The summed E-state index contributed by atoms with van der Waals surface area (Å²) in [7, 11) is 0. The van der Waals surface area contributed by atoms with Crippen LogP contribution in [0.4, 0.5) is 5.82 Å². The van der Waals surface area contributed by atoms with Crippen LogP contribution in [0.3, 0.4) is 0 Å². The van der Waals surface area contributed by atoms with E-state index < -0.39 is 0 Å². The Labute approximate surface area is 142 Å². The van der Waals surface area contributed by atoms with Crippen LogP contribution in [0.2, 0.25) is 0 Å². The van der Waals surface area contributed by atoms with Gasteiger partial charge in [-0.1, -0.05) is 6.07 Å². The molecule has 0 unspecified atom stereocenters. The third-order valence-electron chi connectivity index (χ3n) is 3.42. The van der Waals surface area contributed by atoms with Gasteiger partial charge >= 0.3 is 0 Å². The molecule has 0 fully saturated rings. The van der Waals surface area contributed by atoms with E-state index in [2.05, 4.69) is 15.5 Å². The molecule has 0 bridgehead atoms. The number of hydrogen-bond donors (Lipinski definition) is 1. The summed E-state index contributed by atoms with van der Waals surface area (Å²) in [4.78, 5) is 17.7. The number of carbonyl (C=O) groups is 1. The van der Waals surface area contributed by atoms with Crippen LogP contribution in [0.15, 0.2) is 53.8 Å². The summed E-state index contributed by atoms with van der Waals surface area (Å²) in [6, 6.07) is 13.0. The van der Waals surface area contributed by atoms with Gasteiger partial charge in [-0.05, 0) is 55.8 Å². The fraction of sp³-hybridized carbons (Fsp3) is 0.278. The van der Waals surface area contributed by atoms with E-state index in [4.69, 9.17) is 4.74 Å². The summed E-state index contributed by atoms with van der Waals surface area (Å²) in [5.74, 6) is 1.33. The van der Waals surface area contributed by atoms with E-state index in [1.165, 1.54) is 0 Å². The second-order valence-corrected chi connectivity index (χ2v) is 5.01. The molecule has 126 valence electrons. The highest BCUT2D eigenvalue weighted by Gasteiger charge is 2.09. The van der Waals surface area contributed by atoms with Crippen molar-refractivity contribution >= 4 is 17.9 Å². The molecule has 0 atom stereocenters. The van der Waals surface area contributed by atoms with Gasteiger partial charge in [0.25, 0.3) is 5.91 Å². The maximum atomic E-state index is 11.9. The third kappa shape index (κ3) is 5.39. The highest BCUT2D eigenvalue weighted by atomic mass is 16.5. The molecule has 6 nitrogen and oxygen atoms in total. The van der Waals surface area contributed by atoms with Crippen molar-refractivity contribution in [1.29, 1.82) is 0 Å². The number of nitrogens with zero attached hydrogens (tertiary/aromatic N) is 3. The Morgan fingerprint density at radius 2 is 1.96 bits per heavy atom. The van der Waals surface area contributed by atoms with Crippen LogP contribution in [0.25, 0.3) is 0 Å². The fourth-order valence-corrected chi connectivity index (χ4v) is 2.06. The summed E-state index contributed by atoms with van der Waals surface area (Å²) in [5, 5.41) is 4.12. The Hall–Kier alpha value is -2.89. The third-order valence-corrected chi connectivity index (χ3v) is 3.42. The first-order chi connectivity index (χ1) is 11.7. The number of rotatable bonds is 8. The predicted octanol–water partition coefficient (Wildman–Crippen LogP) is 2.77. The standard InChI is InChI=1S/C18H22N4O2/c1-3-22(4-2)18(23)14-24-16-10-8-15(9-11-16)13-20-21-17-7-5-6-12-19-17/h5-13H,3-4,14H2,1-2H3,(H,19,21)/b20-13+. The summed E-state index contributed by atoms with van der Waals surface area (Å²) in [6.45, 7) is 5.34. The lowest BCUT2D eigenvalue weighted by molar-refractivity contribution is -0.132. The molecule has 1 aromatic heterocycles. The fourth-order valence-electron chi connectivity index (χ4n) is 2.06. The van der Waals surface area contributed by atoms with Crippen molar-refractivity contribution in [2.75, 3.05) is 25.1 Å². The monoisotopic (exact) mass is 326 g/mol. The predicted molar refractivity (Wildman–Crippen MR) is 95.3 cm³/mol. The second-order valence-electron chi connectivity index (χ2n) is 5.01. The SMILES string of the molecule is CCN(CC)C(=O)COc1ccc(/C=N/Nc2ccccn2)cc1. The summed E-state index contributed by atoms with van der Waals surface area (Å²) in [5.41, 5.74) is 3.77. The molecular weight excluding hydrogens is 304 g/mol. The Bertz CT molecular complexity index is 652. The molecule has 24 heavy (non-hydrogen) atoms. The Morgan fingerprint density at radius 1 is 1.21 bits per heavy atom. The van der Waals surface area contributed by atoms with E-state index in [-0.39, 0.29) is 12.5 Å². The number of hydrogen-bond acceptors (Lipinski definition) is 5. The quantitative estimate of drug-likeness (QED) is 0.598. The van der Waals surface area contributed by atoms with Crippen molar-refractivity contribution in [1.82, 2.24) is 9.88 Å². The number of likely N-dealkylation sites (N-methyl/N-ethyl adjacent to an activating group) is 1. The number of amides is 1. The van der Waals surface area contributed by atoms with E-state index in [0.717, 1.165) is 5.56 Å². The van der Waals surface area contributed by atoms with Crippen LogP contribution in [0, 0.1) is 0 Å². The number of nitrogens with one attached hydrogen (secondary N) is 1. The molecule has 0 radical (unpaired) electrons. The second kappa shape index (κ2) is 9.29. The molecule has 2 aromatic rings. The van der Waals surface area contributed by atoms with Crippen molar-refractivity contribution < 1.29 is 9.53 Å². The summed E-state index contributed by atoms with van der Waals surface area (Å²) in [6.07, 6.45) is 3.39. The average molecular weight is 326 g/mol. The summed E-state index contributed by atoms with van der Waals surface area (Å²) >= 11 is 0. The van der Waals surface area contributed by atoms with Gasteiger partial charge in [0.2, 0.25) is 0 Å². The average Bonchev–Trinajstić information content (AvgIpc) is 2.63. The zero-order valence-electron chi connectivity index (χ0n) is 14.0. The molecule has 0 aliphatic carbocycles. The Morgan fingerprint density at radius 3 is 2.58 bits per heavy atom. The minimum absolute atomic E-state index is 0.00907. The summed E-state index contributed by atoms with van der Waals surface area (Å²) < 4.78 is 5.52. The number of benzene rings is 1. The van der Waals surface area contributed by atoms with Crippen molar-refractivity contribution in [3.05, 3.63) is 54.2 Å². The maximum Gasteiger partial charge on any atom is 0.260 e. The molecule has 1 amide bonds. The molecule has 0 saturated heterocycles. The van der Waals surface area contributed by atoms with E-state index in [9.17, 15) is 4.79 Å². The minimum atomic E-state index is -0.00907. The maximum absolute atomic E-state index is 11.9. The van der Waals surface area contributed by atoms with E-state index >= 15 is 0 Å². The molecule has 2 rings (SSSR count). The molecule has 1 aromatic carbocycles. The van der Waals surface area contributed by atoms with Crippen molar-refractivity contribution in [2.45, 2.75) is 13.8 Å². The lowest BCUT2D eigenvalue weighted by Gasteiger charge is -2.18. The normalized spacial score (nSPS) is 10.6. The van der Waals surface area contributed by atoms with E-state index in [0.29, 0.717) is 24.7 Å². The molecule has 0 aliphatic rings. The van der Waals surface area contributed by atoms with Crippen molar-refractivity contribution in [3.63, 3.8) is 0 Å². The van der Waals surface area contributed by atoms with Gasteiger partial charge in [0, 0.05) is 19.3 Å². The number of aromatic nitrogens is 1. The molecule has 0 saturated carbocycles. The van der Waals surface area contributed by atoms with E-state index in [1.54, 1.807) is 17.3 Å². The van der Waals surface area contributed by atoms with Crippen molar-refractivity contribution in [2.24, 2.45) is 5.10 Å². The van der Waals surface area contributed by atoms with Gasteiger partial charge in [0.15, 0.2) is 6.61 Å². The molecule has 6 heteroatoms. The number of anilines is 1. The highest BCUT2D eigenvalue weighted by Crippen LogP contribution is 2.11. The van der Waals surface area contributed by atoms with Crippen LogP contribution < -0.4 is 10.2 Å². The lowest BCUT2D eigenvalue weighted by atomic mass is 10.2.